The number of ether oxygens (including phenoxy) is 1. The van der Waals surface area contributed by atoms with Gasteiger partial charge in [0, 0.05) is 0 Å². The Morgan fingerprint density at radius 2 is 2.21 bits per heavy atom. The lowest BCUT2D eigenvalue weighted by Crippen LogP contribution is -2.33. The maximum atomic E-state index is 8.53. The smallest absolute Gasteiger partial charge is 0.116 e. The van der Waals surface area contributed by atoms with Gasteiger partial charge in [-0.15, -0.1) is 0 Å². The molecule has 3 nitrogen and oxygen atoms in total. The SMILES string of the molecule is CCC1CCCCC1OCC(N)C#N. The van der Waals surface area contributed by atoms with E-state index in [1.807, 2.05) is 6.07 Å². The zero-order chi connectivity index (χ0) is 10.4. The Morgan fingerprint density at radius 1 is 1.50 bits per heavy atom. The first kappa shape index (κ1) is 11.5. The van der Waals surface area contributed by atoms with Gasteiger partial charge in [-0.05, 0) is 18.8 Å². The van der Waals surface area contributed by atoms with Gasteiger partial charge in [-0.2, -0.15) is 5.26 Å². The van der Waals surface area contributed by atoms with Gasteiger partial charge in [0.25, 0.3) is 0 Å². The summed E-state index contributed by atoms with van der Waals surface area (Å²) in [6.07, 6.45) is 6.49. The van der Waals surface area contributed by atoms with Crippen molar-refractivity contribution in [3.05, 3.63) is 0 Å². The van der Waals surface area contributed by atoms with Crippen molar-refractivity contribution < 1.29 is 4.74 Å². The van der Waals surface area contributed by atoms with E-state index in [1.54, 1.807) is 0 Å². The second-order valence-electron chi connectivity index (χ2n) is 4.06. The fourth-order valence-electron chi connectivity index (χ4n) is 2.12. The highest BCUT2D eigenvalue weighted by atomic mass is 16.5. The second-order valence-corrected chi connectivity index (χ2v) is 4.06. The van der Waals surface area contributed by atoms with Gasteiger partial charge >= 0.3 is 0 Å². The molecule has 0 aromatic heterocycles. The molecule has 0 spiro atoms. The average molecular weight is 196 g/mol. The molecule has 0 aromatic rings. The highest BCUT2D eigenvalue weighted by Gasteiger charge is 2.24. The molecule has 0 bridgehead atoms. The molecule has 0 amide bonds. The monoisotopic (exact) mass is 196 g/mol. The maximum Gasteiger partial charge on any atom is 0.116 e. The lowest BCUT2D eigenvalue weighted by Gasteiger charge is -2.31. The topological polar surface area (TPSA) is 59.0 Å². The molecule has 3 unspecified atom stereocenters. The highest BCUT2D eigenvalue weighted by molar-refractivity contribution is 4.87. The van der Waals surface area contributed by atoms with Crippen LogP contribution in [0.1, 0.15) is 39.0 Å². The van der Waals surface area contributed by atoms with Crippen molar-refractivity contribution in [1.29, 1.82) is 5.26 Å². The molecule has 1 saturated carbocycles. The third-order valence-electron chi connectivity index (χ3n) is 3.02. The zero-order valence-corrected chi connectivity index (χ0v) is 8.91. The van der Waals surface area contributed by atoms with Crippen LogP contribution in [0.25, 0.3) is 0 Å². The lowest BCUT2D eigenvalue weighted by molar-refractivity contribution is -0.0132. The molecule has 0 saturated heterocycles. The third-order valence-corrected chi connectivity index (χ3v) is 3.02. The van der Waals surface area contributed by atoms with Crippen molar-refractivity contribution in [2.45, 2.75) is 51.2 Å². The van der Waals surface area contributed by atoms with Crippen molar-refractivity contribution in [2.24, 2.45) is 11.7 Å². The summed E-state index contributed by atoms with van der Waals surface area (Å²) in [6.45, 7) is 2.59. The minimum atomic E-state index is -0.463. The van der Waals surface area contributed by atoms with E-state index in [9.17, 15) is 0 Å². The molecule has 0 aromatic carbocycles. The van der Waals surface area contributed by atoms with Gasteiger partial charge in [0.05, 0.1) is 18.8 Å². The summed E-state index contributed by atoms with van der Waals surface area (Å²) in [6, 6.07) is 1.53. The number of hydrogen-bond donors (Lipinski definition) is 1. The van der Waals surface area contributed by atoms with Crippen LogP contribution >= 0.6 is 0 Å². The van der Waals surface area contributed by atoms with Crippen LogP contribution in [0.3, 0.4) is 0 Å². The quantitative estimate of drug-likeness (QED) is 0.746. The van der Waals surface area contributed by atoms with E-state index in [4.69, 9.17) is 15.7 Å². The summed E-state index contributed by atoms with van der Waals surface area (Å²) in [4.78, 5) is 0. The van der Waals surface area contributed by atoms with Crippen LogP contribution in [0.5, 0.6) is 0 Å². The van der Waals surface area contributed by atoms with Crippen LogP contribution in [0.4, 0.5) is 0 Å². The van der Waals surface area contributed by atoms with Crippen LogP contribution in [-0.2, 0) is 4.74 Å². The minimum absolute atomic E-state index is 0.341. The van der Waals surface area contributed by atoms with E-state index in [2.05, 4.69) is 6.92 Å². The normalized spacial score (nSPS) is 29.5. The van der Waals surface area contributed by atoms with Crippen LogP contribution in [0.2, 0.25) is 0 Å². The third kappa shape index (κ3) is 3.28. The van der Waals surface area contributed by atoms with E-state index in [0.29, 0.717) is 18.6 Å². The summed E-state index contributed by atoms with van der Waals surface area (Å²) < 4.78 is 5.69. The number of nitrogens with two attached hydrogens (primary N) is 1. The number of hydrogen-bond acceptors (Lipinski definition) is 3. The largest absolute Gasteiger partial charge is 0.375 e. The first-order valence-corrected chi connectivity index (χ1v) is 5.54. The first-order valence-electron chi connectivity index (χ1n) is 5.54. The van der Waals surface area contributed by atoms with Crippen LogP contribution in [0.15, 0.2) is 0 Å². The number of nitriles is 1. The van der Waals surface area contributed by atoms with Gasteiger partial charge in [-0.3, -0.25) is 0 Å². The maximum absolute atomic E-state index is 8.53. The summed E-state index contributed by atoms with van der Waals surface area (Å²) in [7, 11) is 0. The zero-order valence-electron chi connectivity index (χ0n) is 8.91. The molecule has 0 heterocycles. The predicted octanol–water partition coefficient (Wildman–Crippen LogP) is 1.82. The fourth-order valence-corrected chi connectivity index (χ4v) is 2.12. The Hall–Kier alpha value is -0.590. The van der Waals surface area contributed by atoms with Crippen molar-refractivity contribution >= 4 is 0 Å². The van der Waals surface area contributed by atoms with Crippen molar-refractivity contribution in [3.8, 4) is 6.07 Å². The van der Waals surface area contributed by atoms with Gasteiger partial charge in [-0.1, -0.05) is 26.2 Å². The van der Waals surface area contributed by atoms with Crippen LogP contribution in [0, 0.1) is 17.2 Å². The Morgan fingerprint density at radius 3 is 2.86 bits per heavy atom. The van der Waals surface area contributed by atoms with Crippen LogP contribution < -0.4 is 5.73 Å². The molecule has 0 aliphatic heterocycles. The standard InChI is InChI=1S/C11H20N2O/c1-2-9-5-3-4-6-11(9)14-8-10(13)7-12/h9-11H,2-6,8,13H2,1H3. The molecule has 0 radical (unpaired) electrons. The Labute approximate surface area is 86.2 Å². The molecule has 1 aliphatic rings. The summed E-state index contributed by atoms with van der Waals surface area (Å²) in [5.74, 6) is 0.676. The molecule has 2 N–H and O–H groups in total. The van der Waals surface area contributed by atoms with Crippen molar-refractivity contribution in [2.75, 3.05) is 6.61 Å². The molecule has 1 rings (SSSR count). The predicted molar refractivity (Wildman–Crippen MR) is 55.6 cm³/mol. The number of nitrogens with zero attached hydrogens (tertiary/aromatic N) is 1. The average Bonchev–Trinajstić information content (AvgIpc) is 2.26. The minimum Gasteiger partial charge on any atom is -0.375 e. The van der Waals surface area contributed by atoms with E-state index >= 15 is 0 Å². The molecule has 3 heteroatoms. The first-order chi connectivity index (χ1) is 6.77. The van der Waals surface area contributed by atoms with E-state index < -0.39 is 6.04 Å². The Bertz CT molecular complexity index is 200. The van der Waals surface area contributed by atoms with E-state index in [1.165, 1.54) is 25.7 Å². The highest BCUT2D eigenvalue weighted by Crippen LogP contribution is 2.28. The lowest BCUT2D eigenvalue weighted by atomic mass is 9.85. The van der Waals surface area contributed by atoms with Gasteiger partial charge < -0.3 is 10.5 Å². The van der Waals surface area contributed by atoms with Crippen LogP contribution in [-0.4, -0.2) is 18.8 Å². The second kappa shape index (κ2) is 6.00. The van der Waals surface area contributed by atoms with E-state index in [-0.39, 0.29) is 0 Å². The fraction of sp³-hybridized carbons (Fsp3) is 0.909. The van der Waals surface area contributed by atoms with Crippen molar-refractivity contribution in [1.82, 2.24) is 0 Å². The molecule has 1 fully saturated rings. The van der Waals surface area contributed by atoms with Gasteiger partial charge in [0.15, 0.2) is 0 Å². The molecule has 14 heavy (non-hydrogen) atoms. The van der Waals surface area contributed by atoms with Gasteiger partial charge in [0.2, 0.25) is 0 Å². The van der Waals surface area contributed by atoms with E-state index in [0.717, 1.165) is 6.42 Å². The molecule has 1 aliphatic carbocycles. The Balaban J connectivity index is 2.30. The summed E-state index contributed by atoms with van der Waals surface area (Å²) in [5, 5.41) is 8.53. The van der Waals surface area contributed by atoms with Crippen molar-refractivity contribution in [3.63, 3.8) is 0 Å². The molecular weight excluding hydrogens is 176 g/mol. The molecule has 3 atom stereocenters. The molecule has 80 valence electrons. The van der Waals surface area contributed by atoms with Gasteiger partial charge in [0.1, 0.15) is 6.04 Å². The molecular formula is C11H20N2O. The summed E-state index contributed by atoms with van der Waals surface area (Å²) in [5.41, 5.74) is 5.49. The Kier molecular flexibility index (Phi) is 4.92. The van der Waals surface area contributed by atoms with Gasteiger partial charge in [-0.25, -0.2) is 0 Å². The summed E-state index contributed by atoms with van der Waals surface area (Å²) >= 11 is 0. The number of rotatable bonds is 4.